The number of ether oxygens (including phenoxy) is 1. The zero-order valence-electron chi connectivity index (χ0n) is 10.8. The summed E-state index contributed by atoms with van der Waals surface area (Å²) in [5.41, 5.74) is 5.96. The van der Waals surface area contributed by atoms with Gasteiger partial charge < -0.3 is 10.5 Å². The van der Waals surface area contributed by atoms with Gasteiger partial charge in [-0.25, -0.2) is 4.98 Å². The van der Waals surface area contributed by atoms with Gasteiger partial charge in [-0.3, -0.25) is 4.98 Å². The van der Waals surface area contributed by atoms with Crippen molar-refractivity contribution in [2.24, 2.45) is 0 Å². The number of hydrogen-bond donors (Lipinski definition) is 1. The highest BCUT2D eigenvalue weighted by molar-refractivity contribution is 5.50. The summed E-state index contributed by atoms with van der Waals surface area (Å²) in [6.07, 6.45) is -3.83. The van der Waals surface area contributed by atoms with E-state index < -0.39 is 11.7 Å². The molecule has 0 bridgehead atoms. The Morgan fingerprint density at radius 3 is 2.45 bits per heavy atom. The third-order valence-corrected chi connectivity index (χ3v) is 2.61. The van der Waals surface area contributed by atoms with E-state index in [-0.39, 0.29) is 11.6 Å². The smallest absolute Gasteiger partial charge is 0.418 e. The van der Waals surface area contributed by atoms with Crippen LogP contribution in [0.25, 0.3) is 0 Å². The fourth-order valence-electron chi connectivity index (χ4n) is 1.59. The summed E-state index contributed by atoms with van der Waals surface area (Å²) in [6, 6.07) is 4.14. The largest absolute Gasteiger partial charge is 0.452 e. The zero-order chi connectivity index (χ0) is 14.9. The molecule has 2 N–H and O–H groups in total. The molecule has 2 aromatic rings. The topological polar surface area (TPSA) is 61.0 Å². The predicted molar refractivity (Wildman–Crippen MR) is 67.4 cm³/mol. The van der Waals surface area contributed by atoms with Crippen molar-refractivity contribution in [3.05, 3.63) is 41.3 Å². The minimum absolute atomic E-state index is 0.113. The van der Waals surface area contributed by atoms with Gasteiger partial charge >= 0.3 is 6.18 Å². The quantitative estimate of drug-likeness (QED) is 0.916. The maximum absolute atomic E-state index is 12.6. The molecule has 4 nitrogen and oxygen atoms in total. The van der Waals surface area contributed by atoms with Gasteiger partial charge in [0.15, 0.2) is 11.6 Å². The number of hydrogen-bond acceptors (Lipinski definition) is 4. The molecule has 0 radical (unpaired) electrons. The lowest BCUT2D eigenvalue weighted by atomic mass is 10.2. The maximum atomic E-state index is 12.6. The van der Waals surface area contributed by atoms with Crippen molar-refractivity contribution in [2.75, 3.05) is 5.73 Å². The molecule has 7 heteroatoms. The van der Waals surface area contributed by atoms with E-state index in [4.69, 9.17) is 10.5 Å². The van der Waals surface area contributed by atoms with Crippen molar-refractivity contribution < 1.29 is 17.9 Å². The number of pyridine rings is 2. The first kappa shape index (κ1) is 14.1. The van der Waals surface area contributed by atoms with Gasteiger partial charge in [0.1, 0.15) is 5.75 Å². The Morgan fingerprint density at radius 2 is 1.85 bits per heavy atom. The Balaban J connectivity index is 2.38. The monoisotopic (exact) mass is 283 g/mol. The van der Waals surface area contributed by atoms with Crippen LogP contribution in [0.4, 0.5) is 19.0 Å². The molecule has 0 aromatic carbocycles. The van der Waals surface area contributed by atoms with E-state index in [1.165, 1.54) is 0 Å². The molecule has 0 unspecified atom stereocenters. The molecule has 0 saturated carbocycles. The van der Waals surface area contributed by atoms with Gasteiger partial charge in [0.05, 0.1) is 11.3 Å². The highest BCUT2D eigenvalue weighted by atomic mass is 19.4. The van der Waals surface area contributed by atoms with Crippen molar-refractivity contribution in [1.29, 1.82) is 0 Å². The second-order valence-electron chi connectivity index (χ2n) is 4.24. The maximum Gasteiger partial charge on any atom is 0.418 e. The van der Waals surface area contributed by atoms with Gasteiger partial charge in [-0.1, -0.05) is 0 Å². The molecule has 20 heavy (non-hydrogen) atoms. The van der Waals surface area contributed by atoms with Crippen molar-refractivity contribution in [3.8, 4) is 11.5 Å². The van der Waals surface area contributed by atoms with E-state index in [9.17, 15) is 13.2 Å². The fraction of sp³-hybridized carbons (Fsp3) is 0.231. The molecule has 0 amide bonds. The molecular formula is C13H12F3N3O. The normalized spacial score (nSPS) is 11.4. The summed E-state index contributed by atoms with van der Waals surface area (Å²) in [7, 11) is 0. The van der Waals surface area contributed by atoms with E-state index in [1.54, 1.807) is 26.0 Å². The van der Waals surface area contributed by atoms with Gasteiger partial charge in [-0.2, -0.15) is 13.2 Å². The van der Waals surface area contributed by atoms with Crippen LogP contribution >= 0.6 is 0 Å². The zero-order valence-corrected chi connectivity index (χ0v) is 10.8. The van der Waals surface area contributed by atoms with Crippen LogP contribution in [0.1, 0.15) is 17.0 Å². The van der Waals surface area contributed by atoms with Crippen LogP contribution in [0.2, 0.25) is 0 Å². The van der Waals surface area contributed by atoms with Crippen LogP contribution in [0.3, 0.4) is 0 Å². The van der Waals surface area contributed by atoms with E-state index in [2.05, 4.69) is 9.97 Å². The van der Waals surface area contributed by atoms with Gasteiger partial charge in [0.25, 0.3) is 0 Å². The predicted octanol–water partition coefficient (Wildman–Crippen LogP) is 3.49. The van der Waals surface area contributed by atoms with Crippen LogP contribution in [-0.4, -0.2) is 9.97 Å². The minimum atomic E-state index is -4.50. The standard InChI is InChI=1S/C13H12F3N3O/c1-7-3-4-10(8(2)19-7)20-11-5-9(13(14,15)16)6-18-12(11)17/h3-6H,1-2H3,(H2,17,18). The second-order valence-corrected chi connectivity index (χ2v) is 4.24. The van der Waals surface area contributed by atoms with Gasteiger partial charge in [-0.15, -0.1) is 0 Å². The fourth-order valence-corrected chi connectivity index (χ4v) is 1.59. The van der Waals surface area contributed by atoms with Crippen LogP contribution in [0, 0.1) is 13.8 Å². The molecule has 2 rings (SSSR count). The van der Waals surface area contributed by atoms with E-state index >= 15 is 0 Å². The van der Waals surface area contributed by atoms with Gasteiger partial charge in [0.2, 0.25) is 0 Å². The summed E-state index contributed by atoms with van der Waals surface area (Å²) < 4.78 is 43.2. The Hall–Kier alpha value is -2.31. The SMILES string of the molecule is Cc1ccc(Oc2cc(C(F)(F)F)cnc2N)c(C)n1. The molecule has 0 aliphatic heterocycles. The molecule has 0 saturated heterocycles. The number of nitrogens with zero attached hydrogens (tertiary/aromatic N) is 2. The molecule has 106 valence electrons. The van der Waals surface area contributed by atoms with Crippen LogP contribution in [0.5, 0.6) is 11.5 Å². The third kappa shape index (κ3) is 2.98. The van der Waals surface area contributed by atoms with E-state index in [0.29, 0.717) is 17.6 Å². The number of halogens is 3. The van der Waals surface area contributed by atoms with E-state index in [1.807, 2.05) is 0 Å². The van der Waals surface area contributed by atoms with Gasteiger partial charge in [-0.05, 0) is 32.0 Å². The highest BCUT2D eigenvalue weighted by Gasteiger charge is 2.32. The van der Waals surface area contributed by atoms with Gasteiger partial charge in [0, 0.05) is 11.9 Å². The lowest BCUT2D eigenvalue weighted by Gasteiger charge is -2.12. The lowest BCUT2D eigenvalue weighted by Crippen LogP contribution is -2.07. The number of aromatic nitrogens is 2. The minimum Gasteiger partial charge on any atom is -0.452 e. The van der Waals surface area contributed by atoms with Crippen LogP contribution < -0.4 is 10.5 Å². The first-order valence-corrected chi connectivity index (χ1v) is 5.72. The van der Waals surface area contributed by atoms with Crippen molar-refractivity contribution >= 4 is 5.82 Å². The number of nitrogens with two attached hydrogens (primary N) is 1. The number of rotatable bonds is 2. The van der Waals surface area contributed by atoms with Crippen molar-refractivity contribution in [3.63, 3.8) is 0 Å². The molecule has 2 aromatic heterocycles. The summed E-state index contributed by atoms with van der Waals surface area (Å²) in [5, 5.41) is 0. The average molecular weight is 283 g/mol. The van der Waals surface area contributed by atoms with Crippen molar-refractivity contribution in [2.45, 2.75) is 20.0 Å². The average Bonchev–Trinajstić information content (AvgIpc) is 2.33. The number of anilines is 1. The van der Waals surface area contributed by atoms with E-state index in [0.717, 1.165) is 11.8 Å². The summed E-state index contributed by atoms with van der Waals surface area (Å²) >= 11 is 0. The van der Waals surface area contributed by atoms with Crippen molar-refractivity contribution in [1.82, 2.24) is 9.97 Å². The molecule has 0 fully saturated rings. The van der Waals surface area contributed by atoms with Crippen LogP contribution in [-0.2, 0) is 6.18 Å². The molecule has 0 aliphatic rings. The summed E-state index contributed by atoms with van der Waals surface area (Å²) in [4.78, 5) is 7.66. The number of aryl methyl sites for hydroxylation is 2. The third-order valence-electron chi connectivity index (χ3n) is 2.61. The molecule has 0 aliphatic carbocycles. The Kier molecular flexibility index (Phi) is 3.52. The Labute approximate surface area is 113 Å². The summed E-state index contributed by atoms with van der Waals surface area (Å²) in [5.74, 6) is 0.0787. The molecule has 2 heterocycles. The molecule has 0 spiro atoms. The highest BCUT2D eigenvalue weighted by Crippen LogP contribution is 2.35. The Bertz CT molecular complexity index is 641. The lowest BCUT2D eigenvalue weighted by molar-refractivity contribution is -0.137. The first-order chi connectivity index (χ1) is 9.27. The van der Waals surface area contributed by atoms with Crippen LogP contribution in [0.15, 0.2) is 24.4 Å². The number of nitrogen functional groups attached to an aromatic ring is 1. The molecule has 0 atom stereocenters. The number of alkyl halides is 3. The molecular weight excluding hydrogens is 271 g/mol. The first-order valence-electron chi connectivity index (χ1n) is 5.72. The Morgan fingerprint density at radius 1 is 1.15 bits per heavy atom. The summed E-state index contributed by atoms with van der Waals surface area (Å²) in [6.45, 7) is 3.50. The second kappa shape index (κ2) is 4.99.